The zero-order valence-corrected chi connectivity index (χ0v) is 4.63. The Balaban J connectivity index is 2.32. The molecular formula is C5H10N2O. The van der Waals surface area contributed by atoms with Gasteiger partial charge in [0.1, 0.15) is 6.29 Å². The highest BCUT2D eigenvalue weighted by atomic mass is 16.1. The first-order valence-corrected chi connectivity index (χ1v) is 2.77. The third kappa shape index (κ3) is 1.05. The van der Waals surface area contributed by atoms with Crippen LogP contribution in [0.3, 0.4) is 0 Å². The van der Waals surface area contributed by atoms with Gasteiger partial charge in [0.2, 0.25) is 0 Å². The Labute approximate surface area is 48.2 Å². The van der Waals surface area contributed by atoms with Crippen LogP contribution in [0.1, 0.15) is 6.42 Å². The maximum Gasteiger partial charge on any atom is 0.136 e. The molecular weight excluding hydrogens is 104 g/mol. The molecule has 2 atom stereocenters. The Morgan fingerprint density at radius 1 is 1.75 bits per heavy atom. The van der Waals surface area contributed by atoms with Crippen LogP contribution in [0.15, 0.2) is 0 Å². The predicted octanol–water partition coefficient (Wildman–Crippen LogP) is -1.13. The summed E-state index contributed by atoms with van der Waals surface area (Å²) >= 11 is 0. The molecule has 1 saturated heterocycles. The summed E-state index contributed by atoms with van der Waals surface area (Å²) in [5.41, 5.74) is 5.48. The summed E-state index contributed by atoms with van der Waals surface area (Å²) in [5.74, 6) is 0. The van der Waals surface area contributed by atoms with E-state index in [1.54, 1.807) is 0 Å². The molecule has 3 heteroatoms. The van der Waals surface area contributed by atoms with Crippen LogP contribution in [0.4, 0.5) is 0 Å². The molecule has 0 aromatic carbocycles. The molecule has 1 aliphatic heterocycles. The minimum Gasteiger partial charge on any atom is -0.326 e. The van der Waals surface area contributed by atoms with Crippen molar-refractivity contribution >= 4 is 6.29 Å². The zero-order chi connectivity index (χ0) is 5.98. The smallest absolute Gasteiger partial charge is 0.136 e. The Morgan fingerprint density at radius 3 is 2.75 bits per heavy atom. The molecule has 8 heavy (non-hydrogen) atoms. The number of aldehydes is 1. The summed E-state index contributed by atoms with van der Waals surface area (Å²) < 4.78 is 0. The lowest BCUT2D eigenvalue weighted by atomic mass is 10.2. The molecule has 0 aromatic rings. The summed E-state index contributed by atoms with van der Waals surface area (Å²) in [6.45, 7) is 0.781. The number of carbonyl (C=O) groups excluding carboxylic acids is 1. The largest absolute Gasteiger partial charge is 0.326 e. The third-order valence-electron chi connectivity index (χ3n) is 1.36. The Kier molecular flexibility index (Phi) is 1.60. The lowest BCUT2D eigenvalue weighted by Crippen LogP contribution is -2.23. The standard InChI is InChI=1S/C5H10N2O/c6-4-1-5(3-8)7-2-4/h3-5,7H,1-2,6H2/t4-,5?/m1/s1. The van der Waals surface area contributed by atoms with Crippen molar-refractivity contribution in [2.45, 2.75) is 18.5 Å². The Hall–Kier alpha value is -0.410. The lowest BCUT2D eigenvalue weighted by Gasteiger charge is -1.95. The molecule has 46 valence electrons. The molecule has 0 aromatic heterocycles. The number of rotatable bonds is 1. The Morgan fingerprint density at radius 2 is 2.50 bits per heavy atom. The molecule has 0 amide bonds. The molecule has 3 nitrogen and oxygen atoms in total. The minimum absolute atomic E-state index is 0.0185. The molecule has 1 aliphatic rings. The molecule has 0 spiro atoms. The van der Waals surface area contributed by atoms with E-state index in [0.717, 1.165) is 19.3 Å². The molecule has 1 fully saturated rings. The van der Waals surface area contributed by atoms with Gasteiger partial charge < -0.3 is 15.8 Å². The van der Waals surface area contributed by atoms with Crippen LogP contribution in [0, 0.1) is 0 Å². The van der Waals surface area contributed by atoms with E-state index in [0.29, 0.717) is 0 Å². The predicted molar refractivity (Wildman–Crippen MR) is 30.4 cm³/mol. The number of hydrogen-bond donors (Lipinski definition) is 2. The first kappa shape index (κ1) is 5.72. The van der Waals surface area contributed by atoms with Crippen molar-refractivity contribution in [3.63, 3.8) is 0 Å². The summed E-state index contributed by atoms with van der Waals surface area (Å²) in [6, 6.07) is 0.204. The monoisotopic (exact) mass is 114 g/mol. The van der Waals surface area contributed by atoms with Crippen LogP contribution >= 0.6 is 0 Å². The van der Waals surface area contributed by atoms with E-state index in [1.807, 2.05) is 0 Å². The van der Waals surface area contributed by atoms with Gasteiger partial charge in [0.05, 0.1) is 6.04 Å². The van der Waals surface area contributed by atoms with Crippen molar-refractivity contribution in [1.29, 1.82) is 0 Å². The lowest BCUT2D eigenvalue weighted by molar-refractivity contribution is -0.109. The van der Waals surface area contributed by atoms with Crippen molar-refractivity contribution in [2.24, 2.45) is 5.73 Å². The number of hydrogen-bond acceptors (Lipinski definition) is 3. The highest BCUT2D eigenvalue weighted by Gasteiger charge is 2.19. The minimum atomic E-state index is 0.0185. The van der Waals surface area contributed by atoms with Gasteiger partial charge in [0.15, 0.2) is 0 Å². The molecule has 0 bridgehead atoms. The highest BCUT2D eigenvalue weighted by molar-refractivity contribution is 5.58. The van der Waals surface area contributed by atoms with E-state index >= 15 is 0 Å². The molecule has 0 saturated carbocycles. The third-order valence-corrected chi connectivity index (χ3v) is 1.36. The quantitative estimate of drug-likeness (QED) is 0.424. The van der Waals surface area contributed by atoms with E-state index in [1.165, 1.54) is 0 Å². The van der Waals surface area contributed by atoms with Crippen molar-refractivity contribution in [2.75, 3.05) is 6.54 Å². The van der Waals surface area contributed by atoms with Crippen LogP contribution in [-0.4, -0.2) is 24.9 Å². The normalized spacial score (nSPS) is 37.6. The second kappa shape index (κ2) is 2.24. The van der Waals surface area contributed by atoms with Crippen LogP contribution in [-0.2, 0) is 4.79 Å². The number of nitrogens with one attached hydrogen (secondary N) is 1. The van der Waals surface area contributed by atoms with E-state index in [-0.39, 0.29) is 12.1 Å². The highest BCUT2D eigenvalue weighted by Crippen LogP contribution is 1.99. The van der Waals surface area contributed by atoms with Crippen LogP contribution in [0.5, 0.6) is 0 Å². The van der Waals surface area contributed by atoms with Gasteiger partial charge in [-0.25, -0.2) is 0 Å². The molecule has 1 unspecified atom stereocenters. The number of carbonyl (C=O) groups is 1. The van der Waals surface area contributed by atoms with E-state index in [2.05, 4.69) is 5.32 Å². The van der Waals surface area contributed by atoms with Gasteiger partial charge >= 0.3 is 0 Å². The second-order valence-electron chi connectivity index (χ2n) is 2.15. The van der Waals surface area contributed by atoms with Crippen LogP contribution in [0.2, 0.25) is 0 Å². The van der Waals surface area contributed by atoms with Crippen molar-refractivity contribution in [3.8, 4) is 0 Å². The van der Waals surface area contributed by atoms with Crippen molar-refractivity contribution in [1.82, 2.24) is 5.32 Å². The van der Waals surface area contributed by atoms with Gasteiger partial charge in [-0.05, 0) is 6.42 Å². The first-order valence-electron chi connectivity index (χ1n) is 2.77. The second-order valence-corrected chi connectivity index (χ2v) is 2.15. The summed E-state index contributed by atoms with van der Waals surface area (Å²) in [5, 5.41) is 2.96. The van der Waals surface area contributed by atoms with E-state index in [4.69, 9.17) is 5.73 Å². The van der Waals surface area contributed by atoms with Gasteiger partial charge in [0, 0.05) is 12.6 Å². The summed E-state index contributed by atoms with van der Waals surface area (Å²) in [7, 11) is 0. The van der Waals surface area contributed by atoms with Crippen molar-refractivity contribution in [3.05, 3.63) is 0 Å². The fourth-order valence-electron chi connectivity index (χ4n) is 0.899. The molecule has 1 rings (SSSR count). The fourth-order valence-corrected chi connectivity index (χ4v) is 0.899. The average Bonchev–Trinajstić information content (AvgIpc) is 2.14. The van der Waals surface area contributed by atoms with Gasteiger partial charge in [-0.1, -0.05) is 0 Å². The van der Waals surface area contributed by atoms with Crippen molar-refractivity contribution < 1.29 is 4.79 Å². The maximum atomic E-state index is 10.0. The SMILES string of the molecule is N[C@H]1CNC(C=O)C1. The summed E-state index contributed by atoms with van der Waals surface area (Å²) in [4.78, 5) is 10.0. The maximum absolute atomic E-state index is 10.0. The van der Waals surface area contributed by atoms with Gasteiger partial charge in [-0.15, -0.1) is 0 Å². The van der Waals surface area contributed by atoms with Gasteiger partial charge in [-0.2, -0.15) is 0 Å². The van der Waals surface area contributed by atoms with E-state index in [9.17, 15) is 4.79 Å². The fraction of sp³-hybridized carbons (Fsp3) is 0.800. The zero-order valence-electron chi connectivity index (χ0n) is 4.63. The summed E-state index contributed by atoms with van der Waals surface area (Å²) in [6.07, 6.45) is 1.70. The van der Waals surface area contributed by atoms with Gasteiger partial charge in [-0.3, -0.25) is 0 Å². The van der Waals surface area contributed by atoms with Gasteiger partial charge in [0.25, 0.3) is 0 Å². The van der Waals surface area contributed by atoms with Crippen LogP contribution in [0.25, 0.3) is 0 Å². The number of nitrogens with two attached hydrogens (primary N) is 1. The molecule has 0 aliphatic carbocycles. The van der Waals surface area contributed by atoms with E-state index < -0.39 is 0 Å². The first-order chi connectivity index (χ1) is 3.83. The topological polar surface area (TPSA) is 55.1 Å². The molecule has 0 radical (unpaired) electrons. The Bertz CT molecular complexity index is 94.4. The van der Waals surface area contributed by atoms with Crippen LogP contribution < -0.4 is 11.1 Å². The molecule has 1 heterocycles. The molecule has 3 N–H and O–H groups in total. The average molecular weight is 114 g/mol.